The molecule has 134 valence electrons. The van der Waals surface area contributed by atoms with Gasteiger partial charge in [0.2, 0.25) is 5.91 Å². The molecule has 1 unspecified atom stereocenters. The van der Waals surface area contributed by atoms with Crippen LogP contribution in [0.15, 0.2) is 47.6 Å². The van der Waals surface area contributed by atoms with Crippen LogP contribution in [0.25, 0.3) is 0 Å². The van der Waals surface area contributed by atoms with Gasteiger partial charge < -0.3 is 15.8 Å². The number of carbonyl (C=O) groups excluding carboxylic acids is 2. The summed E-state index contributed by atoms with van der Waals surface area (Å²) in [5, 5.41) is 2.79. The van der Waals surface area contributed by atoms with Gasteiger partial charge in [-0.25, -0.2) is 9.98 Å². The first-order valence-corrected chi connectivity index (χ1v) is 7.99. The molecular formula is C18H19N5O3. The molecule has 1 atom stereocenters. The third-order valence-electron chi connectivity index (χ3n) is 4.11. The molecule has 1 aliphatic heterocycles. The van der Waals surface area contributed by atoms with Gasteiger partial charge in [-0.1, -0.05) is 12.1 Å². The molecule has 0 aliphatic carbocycles. The predicted molar refractivity (Wildman–Crippen MR) is 96.9 cm³/mol. The number of pyridine rings is 1. The van der Waals surface area contributed by atoms with Crippen LogP contribution in [0.2, 0.25) is 0 Å². The largest absolute Gasteiger partial charge is 0.495 e. The lowest BCUT2D eigenvalue weighted by Gasteiger charge is -2.25. The number of nitrogens with two attached hydrogens (primary N) is 1. The first-order chi connectivity index (χ1) is 12.5. The van der Waals surface area contributed by atoms with Gasteiger partial charge >= 0.3 is 0 Å². The molecule has 8 nitrogen and oxygen atoms in total. The zero-order valence-corrected chi connectivity index (χ0v) is 14.5. The maximum absolute atomic E-state index is 12.3. The minimum atomic E-state index is -0.366. The van der Waals surface area contributed by atoms with Crippen molar-refractivity contribution in [2.75, 3.05) is 19.5 Å². The second-order valence-electron chi connectivity index (χ2n) is 5.82. The zero-order valence-electron chi connectivity index (χ0n) is 14.5. The first kappa shape index (κ1) is 17.4. The summed E-state index contributed by atoms with van der Waals surface area (Å²) in [5.41, 5.74) is 7.44. The molecule has 3 N–H and O–H groups in total. The van der Waals surface area contributed by atoms with Crippen LogP contribution >= 0.6 is 0 Å². The Kier molecular flexibility index (Phi) is 4.83. The summed E-state index contributed by atoms with van der Waals surface area (Å²) in [5.74, 6) is 0.320. The molecule has 1 aliphatic rings. The van der Waals surface area contributed by atoms with Crippen LogP contribution in [0.4, 0.5) is 5.69 Å². The van der Waals surface area contributed by atoms with E-state index in [0.29, 0.717) is 11.4 Å². The molecule has 0 fully saturated rings. The lowest BCUT2D eigenvalue weighted by molar-refractivity contribution is -0.127. The highest BCUT2D eigenvalue weighted by Gasteiger charge is 2.25. The molecular weight excluding hydrogens is 334 g/mol. The zero-order chi connectivity index (χ0) is 18.7. The number of amides is 2. The highest BCUT2D eigenvalue weighted by Crippen LogP contribution is 2.27. The summed E-state index contributed by atoms with van der Waals surface area (Å²) in [6.07, 6.45) is 1.71. The fourth-order valence-corrected chi connectivity index (χ4v) is 2.57. The van der Waals surface area contributed by atoms with Gasteiger partial charge in [0, 0.05) is 12.7 Å². The summed E-state index contributed by atoms with van der Waals surface area (Å²) in [6.45, 7) is 0. The second kappa shape index (κ2) is 7.22. The lowest BCUT2D eigenvalue weighted by Crippen LogP contribution is -2.42. The fourth-order valence-electron chi connectivity index (χ4n) is 2.57. The topological polar surface area (TPSA) is 110 Å². The molecule has 2 aromatic rings. The molecule has 0 spiro atoms. The van der Waals surface area contributed by atoms with E-state index in [1.54, 1.807) is 37.4 Å². The summed E-state index contributed by atoms with van der Waals surface area (Å²) in [7, 11) is 3.13. The van der Waals surface area contributed by atoms with E-state index < -0.39 is 0 Å². The van der Waals surface area contributed by atoms with Crippen molar-refractivity contribution in [1.82, 2.24) is 9.88 Å². The SMILES string of the molecule is COc1ccc(C(=O)Nc2cccc(C3CC(=O)N(C)C(N)=N3)c2)nc1. The number of nitrogens with one attached hydrogen (secondary N) is 1. The molecule has 26 heavy (non-hydrogen) atoms. The number of hydrogen-bond acceptors (Lipinski definition) is 6. The maximum Gasteiger partial charge on any atom is 0.274 e. The predicted octanol–water partition coefficient (Wildman–Crippen LogP) is 1.56. The lowest BCUT2D eigenvalue weighted by atomic mass is 10.0. The van der Waals surface area contributed by atoms with E-state index in [2.05, 4.69) is 15.3 Å². The third kappa shape index (κ3) is 3.64. The minimum absolute atomic E-state index is 0.0978. The van der Waals surface area contributed by atoms with E-state index in [-0.39, 0.29) is 35.9 Å². The van der Waals surface area contributed by atoms with Crippen molar-refractivity contribution in [2.24, 2.45) is 10.7 Å². The molecule has 8 heteroatoms. The normalized spacial score (nSPS) is 16.8. The maximum atomic E-state index is 12.3. The van der Waals surface area contributed by atoms with Crippen molar-refractivity contribution in [1.29, 1.82) is 0 Å². The van der Waals surface area contributed by atoms with Crippen molar-refractivity contribution < 1.29 is 14.3 Å². The fraction of sp³-hybridized carbons (Fsp3) is 0.222. The molecule has 0 radical (unpaired) electrons. The summed E-state index contributed by atoms with van der Waals surface area (Å²) in [6, 6.07) is 10.1. The Morgan fingerprint density at radius 1 is 1.35 bits per heavy atom. The Morgan fingerprint density at radius 3 is 2.81 bits per heavy atom. The summed E-state index contributed by atoms with van der Waals surface area (Å²) >= 11 is 0. The molecule has 1 aromatic heterocycles. The quantitative estimate of drug-likeness (QED) is 0.867. The highest BCUT2D eigenvalue weighted by molar-refractivity contribution is 6.03. The Labute approximate surface area is 150 Å². The van der Waals surface area contributed by atoms with Gasteiger partial charge in [-0.05, 0) is 29.8 Å². The number of benzene rings is 1. The number of aliphatic imine (C=N–C) groups is 1. The van der Waals surface area contributed by atoms with E-state index >= 15 is 0 Å². The van der Waals surface area contributed by atoms with Gasteiger partial charge in [0.1, 0.15) is 11.4 Å². The van der Waals surface area contributed by atoms with Crippen molar-refractivity contribution in [3.8, 4) is 5.75 Å². The molecule has 1 aromatic carbocycles. The van der Waals surface area contributed by atoms with E-state index in [9.17, 15) is 9.59 Å². The van der Waals surface area contributed by atoms with Crippen LogP contribution in [0, 0.1) is 0 Å². The molecule has 2 heterocycles. The average molecular weight is 353 g/mol. The number of guanidine groups is 1. The van der Waals surface area contributed by atoms with Gasteiger partial charge in [0.05, 0.1) is 25.8 Å². The van der Waals surface area contributed by atoms with Crippen LogP contribution in [-0.2, 0) is 4.79 Å². The van der Waals surface area contributed by atoms with E-state index in [1.165, 1.54) is 18.2 Å². The first-order valence-electron chi connectivity index (χ1n) is 7.99. The average Bonchev–Trinajstić information content (AvgIpc) is 2.66. The Balaban J connectivity index is 1.77. The molecule has 0 saturated heterocycles. The second-order valence-corrected chi connectivity index (χ2v) is 5.82. The molecule has 3 rings (SSSR count). The number of aromatic nitrogens is 1. The van der Waals surface area contributed by atoms with Crippen LogP contribution in [0.1, 0.15) is 28.5 Å². The molecule has 0 bridgehead atoms. The van der Waals surface area contributed by atoms with Gasteiger partial charge in [-0.15, -0.1) is 0 Å². The monoisotopic (exact) mass is 353 g/mol. The Hall–Kier alpha value is -3.42. The van der Waals surface area contributed by atoms with Gasteiger partial charge in [-0.2, -0.15) is 0 Å². The Bertz CT molecular complexity index is 863. The number of anilines is 1. The number of rotatable bonds is 4. The van der Waals surface area contributed by atoms with Crippen molar-refractivity contribution in [3.05, 3.63) is 53.9 Å². The summed E-state index contributed by atoms with van der Waals surface area (Å²) in [4.78, 5) is 34.0. The highest BCUT2D eigenvalue weighted by atomic mass is 16.5. The van der Waals surface area contributed by atoms with E-state index in [4.69, 9.17) is 10.5 Å². The molecule has 2 amide bonds. The van der Waals surface area contributed by atoms with Crippen LogP contribution in [0.3, 0.4) is 0 Å². The van der Waals surface area contributed by atoms with Crippen LogP contribution in [-0.4, -0.2) is 41.8 Å². The molecule has 0 saturated carbocycles. The van der Waals surface area contributed by atoms with E-state index in [1.807, 2.05) is 6.07 Å². The van der Waals surface area contributed by atoms with Crippen LogP contribution in [0.5, 0.6) is 5.75 Å². The Morgan fingerprint density at radius 2 is 2.15 bits per heavy atom. The van der Waals surface area contributed by atoms with Crippen molar-refractivity contribution >= 4 is 23.5 Å². The smallest absolute Gasteiger partial charge is 0.274 e. The van der Waals surface area contributed by atoms with Gasteiger partial charge in [0.15, 0.2) is 5.96 Å². The van der Waals surface area contributed by atoms with Gasteiger partial charge in [-0.3, -0.25) is 14.5 Å². The number of nitrogens with zero attached hydrogens (tertiary/aromatic N) is 3. The minimum Gasteiger partial charge on any atom is -0.495 e. The third-order valence-corrected chi connectivity index (χ3v) is 4.11. The number of methoxy groups -OCH3 is 1. The van der Waals surface area contributed by atoms with E-state index in [0.717, 1.165) is 5.56 Å². The standard InChI is InChI=1S/C18H19N5O3/c1-23-16(24)9-15(22-18(23)19)11-4-3-5-12(8-11)21-17(25)14-7-6-13(26-2)10-20-14/h3-8,10,15H,9H2,1-2H3,(H2,19,22)(H,21,25). The van der Waals surface area contributed by atoms with Gasteiger partial charge in [0.25, 0.3) is 5.91 Å². The summed E-state index contributed by atoms with van der Waals surface area (Å²) < 4.78 is 5.03. The van der Waals surface area contributed by atoms with Crippen molar-refractivity contribution in [2.45, 2.75) is 12.5 Å². The number of carbonyl (C=O) groups is 2. The number of hydrogen-bond donors (Lipinski definition) is 2. The van der Waals surface area contributed by atoms with Crippen molar-refractivity contribution in [3.63, 3.8) is 0 Å². The van der Waals surface area contributed by atoms with Crippen LogP contribution < -0.4 is 15.8 Å². The number of ether oxygens (including phenoxy) is 1.